The number of anilines is 6. The van der Waals surface area contributed by atoms with Crippen molar-refractivity contribution in [3.8, 4) is 51.4 Å². The summed E-state index contributed by atoms with van der Waals surface area (Å²) in [6.07, 6.45) is 2.72. The summed E-state index contributed by atoms with van der Waals surface area (Å²) in [6.45, 7) is 34.0. The lowest BCUT2D eigenvalue weighted by molar-refractivity contribution is -0.137. The van der Waals surface area contributed by atoms with E-state index in [0.717, 1.165) is 111 Å². The van der Waals surface area contributed by atoms with Gasteiger partial charge in [0.25, 0.3) is 22.2 Å². The Kier molecular flexibility index (Phi) is 33.5. The van der Waals surface area contributed by atoms with E-state index in [0.29, 0.717) is 118 Å². The summed E-state index contributed by atoms with van der Waals surface area (Å²) >= 11 is 6.25. The molecule has 25 nitrogen and oxygen atoms in total. The summed E-state index contributed by atoms with van der Waals surface area (Å²) in [5, 5.41) is 14.0. The molecule has 16 rings (SSSR count). The lowest BCUT2D eigenvalue weighted by Crippen LogP contribution is -2.32. The highest BCUT2D eigenvalue weighted by atomic mass is 35.5. The number of aromatic nitrogens is 10. The fraction of sp³-hybridized carbons (Fsp3) is 0.421. The molecule has 0 bridgehead atoms. The first-order valence-corrected chi connectivity index (χ1v) is 48.1. The van der Waals surface area contributed by atoms with Crippen LogP contribution in [0.5, 0.6) is 5.88 Å². The number of nitrogens with one attached hydrogen (secondary N) is 4. The Morgan fingerprint density at radius 1 is 0.397 bits per heavy atom. The van der Waals surface area contributed by atoms with Crippen molar-refractivity contribution in [3.63, 3.8) is 0 Å². The molecule has 720 valence electrons. The molecule has 6 heterocycles. The first kappa shape index (κ1) is 101. The zero-order chi connectivity index (χ0) is 97.7. The molecule has 6 aromatic carbocycles. The minimum absolute atomic E-state index is 0.0120. The van der Waals surface area contributed by atoms with Crippen molar-refractivity contribution in [2.45, 2.75) is 236 Å². The number of methoxy groups -OCH3 is 1. The molecular formula is C107H130ClF3N16O9. The number of rotatable bonds is 31. The van der Waals surface area contributed by atoms with Crippen LogP contribution in [0, 0.1) is 20.8 Å². The van der Waals surface area contributed by atoms with Crippen LogP contribution in [0.3, 0.4) is 0 Å². The summed E-state index contributed by atoms with van der Waals surface area (Å²) in [6, 6.07) is 47.8. The van der Waals surface area contributed by atoms with Gasteiger partial charge < -0.3 is 54.8 Å². The molecule has 0 fully saturated rings. The van der Waals surface area contributed by atoms with Crippen molar-refractivity contribution in [2.24, 2.45) is 0 Å². The predicted octanol–water partition coefficient (Wildman–Crippen LogP) is 20.0. The molecule has 29 heteroatoms. The number of aryl methyl sites for hydroxylation is 7. The third-order valence-electron chi connectivity index (χ3n) is 25.8. The van der Waals surface area contributed by atoms with Gasteiger partial charge in [-0.2, -0.15) is 13.2 Å². The molecule has 0 amide bonds. The smallest absolute Gasteiger partial charge is 0.416 e. The van der Waals surface area contributed by atoms with Crippen LogP contribution in [-0.4, -0.2) is 134 Å². The highest BCUT2D eigenvalue weighted by Gasteiger charge is 2.40. The molecule has 0 saturated carbocycles. The van der Waals surface area contributed by atoms with Crippen LogP contribution >= 0.6 is 11.6 Å². The minimum atomic E-state index is -4.52. The van der Waals surface area contributed by atoms with Gasteiger partial charge in [0.2, 0.25) is 5.88 Å². The van der Waals surface area contributed by atoms with Gasteiger partial charge in [0.15, 0.2) is 0 Å². The number of halogens is 4. The number of benzene rings is 6. The number of hydrogen-bond donors (Lipinski definition) is 4. The zero-order valence-electron chi connectivity index (χ0n) is 82.0. The van der Waals surface area contributed by atoms with E-state index in [9.17, 15) is 32.3 Å². The summed E-state index contributed by atoms with van der Waals surface area (Å²) in [5.74, 6) is 3.68. The molecule has 0 radical (unpaired) electrons. The number of alkyl halides is 3. The molecule has 136 heavy (non-hydrogen) atoms. The van der Waals surface area contributed by atoms with Crippen molar-refractivity contribution in [1.82, 2.24) is 48.2 Å². The van der Waals surface area contributed by atoms with Crippen molar-refractivity contribution in [1.29, 1.82) is 0 Å². The lowest BCUT2D eigenvalue weighted by Gasteiger charge is -2.25. The summed E-state index contributed by atoms with van der Waals surface area (Å²) in [4.78, 5) is 87.9. The third kappa shape index (κ3) is 21.4. The quantitative estimate of drug-likeness (QED) is 0.0314. The number of nitrogens with zero attached hydrogens (tertiary/aromatic N) is 12. The first-order valence-electron chi connectivity index (χ1n) is 47.7. The number of pyridine rings is 2. The molecule has 6 aromatic heterocycles. The minimum Gasteiger partial charge on any atom is -0.481 e. The van der Waals surface area contributed by atoms with Crippen LogP contribution in [0.1, 0.15) is 197 Å². The average molecular weight is 1880 g/mol. The molecule has 4 unspecified atom stereocenters. The van der Waals surface area contributed by atoms with Gasteiger partial charge in [-0.05, 0) is 206 Å². The standard InChI is InChI=1S/C28H36N4O2.C27H35N5O2.C26H27ClF3N3O2.C26H32N4O3/c1-7-23-26(30-25-22-13-11-10-12-19(22)17-24(25)34-9-3)28(33)32(8-2)27(29-23)21-15-14-20(31(5)6)16-18(21)4;1-7-21-25(30-24-19-13-11-10-12-18(19)15-22(24)34-9-3)27(33)32(8-2)26(29-21)20-16-28-23(31(5)6)14-17(20)4;1-4-20-23(32-22-17-10-8-7-9-15(17)13-21(22)35-6-3)25(34)33(5-2)24(31-20)18-12-11-16(14-19(18)27)26(28,29)30;1-6-20-24(29-23-19-12-10-9-11-17(19)15-21(23)33-8-3)26(31)30(7-2)25(28-20)18-13-14-22(32-5)27-16(18)4/h10-16,24-25,30H,7-9,17H2,1-6H3;10-14,16,22,24,30H,7-9,15H2,1-6H3;7-12,14,21-22,32H,4-6,13H2,1-3H3;9-14,21,23,29H,6-8,15H2,1-5H3/t24-,25?;22-,24?;21-,22?;21-,23?/m0000/s1. The van der Waals surface area contributed by atoms with Crippen LogP contribution in [0.25, 0.3) is 45.6 Å². The Morgan fingerprint density at radius 3 is 1.01 bits per heavy atom. The van der Waals surface area contributed by atoms with Crippen LogP contribution in [0.15, 0.2) is 177 Å². The van der Waals surface area contributed by atoms with E-state index in [1.54, 1.807) is 33.8 Å². The van der Waals surface area contributed by atoms with E-state index in [1.807, 2.05) is 171 Å². The fourth-order valence-corrected chi connectivity index (χ4v) is 19.2. The molecule has 4 aliphatic carbocycles. The Hall–Kier alpha value is -12.3. The molecule has 0 saturated heterocycles. The SMILES string of the molecule is CCO[C@H]1Cc2ccccc2C1Nc1c(CC)nc(-c2ccc(C(F)(F)F)cc2Cl)n(CC)c1=O.CCO[C@H]1Cc2ccccc2C1Nc1c(CC)nc(-c2ccc(N(C)C)cc2C)n(CC)c1=O.CCO[C@H]1Cc2ccccc2C1Nc1c(CC)nc(-c2ccc(OC)nc2C)n(CC)c1=O.CCO[C@H]1Cc2ccccc2C1Nc1c(CC)nc(-c2cnc(N(C)C)cc2C)n(CC)c1=O. The first-order chi connectivity index (χ1) is 65.5. The molecular weight excluding hydrogens is 1750 g/mol. The van der Waals surface area contributed by atoms with Crippen LogP contribution in [0.4, 0.5) is 47.4 Å². The maximum atomic E-state index is 13.8. The van der Waals surface area contributed by atoms with Gasteiger partial charge in [0.1, 0.15) is 51.9 Å². The van der Waals surface area contributed by atoms with Gasteiger partial charge in [-0.1, -0.05) is 136 Å². The Balaban J connectivity index is 0.000000153. The Morgan fingerprint density at radius 2 is 0.721 bits per heavy atom. The topological polar surface area (TPSA) is 266 Å². The highest BCUT2D eigenvalue weighted by molar-refractivity contribution is 6.33. The molecule has 4 aliphatic rings. The second-order valence-electron chi connectivity index (χ2n) is 34.5. The summed E-state index contributed by atoms with van der Waals surface area (Å²) < 4.78 is 75.5. The van der Waals surface area contributed by atoms with E-state index < -0.39 is 11.7 Å². The average Bonchev–Trinajstić information content (AvgIpc) is 0.909. The van der Waals surface area contributed by atoms with E-state index in [1.165, 1.54) is 49.6 Å². The molecule has 0 spiro atoms. The number of ether oxygens (including phenoxy) is 5. The van der Waals surface area contributed by atoms with Crippen molar-refractivity contribution >= 4 is 45.9 Å². The van der Waals surface area contributed by atoms with E-state index >= 15 is 0 Å². The van der Waals surface area contributed by atoms with Gasteiger partial charge in [0.05, 0.1) is 94.7 Å². The van der Waals surface area contributed by atoms with Crippen molar-refractivity contribution < 1.29 is 36.9 Å². The van der Waals surface area contributed by atoms with E-state index in [2.05, 4.69) is 129 Å². The lowest BCUT2D eigenvalue weighted by atomic mass is 10.1. The molecule has 0 aliphatic heterocycles. The monoisotopic (exact) mass is 1870 g/mol. The normalized spacial score (nSPS) is 17.1. The highest BCUT2D eigenvalue weighted by Crippen LogP contribution is 2.44. The van der Waals surface area contributed by atoms with Crippen molar-refractivity contribution in [2.75, 3.05) is 92.8 Å². The predicted molar refractivity (Wildman–Crippen MR) is 539 cm³/mol. The largest absolute Gasteiger partial charge is 0.481 e. The maximum absolute atomic E-state index is 13.8. The number of hydrogen-bond acceptors (Lipinski definition) is 21. The van der Waals surface area contributed by atoms with E-state index in [4.69, 9.17) is 55.2 Å². The maximum Gasteiger partial charge on any atom is 0.416 e. The van der Waals surface area contributed by atoms with Gasteiger partial charge in [0, 0.05) is 147 Å². The Bertz CT molecular complexity index is 6320. The zero-order valence-corrected chi connectivity index (χ0v) is 82.8. The van der Waals surface area contributed by atoms with Crippen LogP contribution in [0.2, 0.25) is 5.02 Å². The molecule has 12 aromatic rings. The van der Waals surface area contributed by atoms with Gasteiger partial charge >= 0.3 is 6.18 Å². The van der Waals surface area contributed by atoms with Gasteiger partial charge in [-0.15, -0.1) is 0 Å². The fourth-order valence-electron chi connectivity index (χ4n) is 19.0. The van der Waals surface area contributed by atoms with Crippen LogP contribution < -0.4 is 58.0 Å². The second kappa shape index (κ2) is 45.1. The van der Waals surface area contributed by atoms with E-state index in [-0.39, 0.29) is 93.8 Å². The van der Waals surface area contributed by atoms with Gasteiger partial charge in [-0.25, -0.2) is 29.9 Å². The van der Waals surface area contributed by atoms with Crippen molar-refractivity contribution in [3.05, 3.63) is 294 Å². The summed E-state index contributed by atoms with van der Waals surface area (Å²) in [7, 11) is 9.58. The Labute approximate surface area is 800 Å². The third-order valence-corrected chi connectivity index (χ3v) is 26.2. The summed E-state index contributed by atoms with van der Waals surface area (Å²) in [5.41, 5.74) is 20.2. The number of fused-ring (bicyclic) bond motifs is 4. The van der Waals surface area contributed by atoms with Crippen LogP contribution in [-0.2, 0) is 103 Å². The molecule has 4 N–H and O–H groups in total. The molecule has 8 atom stereocenters. The van der Waals surface area contributed by atoms with Gasteiger partial charge in [-0.3, -0.25) is 37.4 Å². The second-order valence-corrected chi connectivity index (χ2v) is 34.9.